The summed E-state index contributed by atoms with van der Waals surface area (Å²) in [6.07, 6.45) is 0. The van der Waals surface area contributed by atoms with E-state index in [-0.39, 0.29) is 0 Å². The molecule has 0 saturated carbocycles. The van der Waals surface area contributed by atoms with Gasteiger partial charge in [0.05, 0.1) is 10.6 Å². The average molecular weight is 272 g/mol. The third kappa shape index (κ3) is 2.10. The second-order valence-electron chi connectivity index (χ2n) is 3.83. The van der Waals surface area contributed by atoms with Crippen LogP contribution in [0.2, 0.25) is 0 Å². The van der Waals surface area contributed by atoms with Crippen molar-refractivity contribution < 1.29 is 0 Å². The lowest BCUT2D eigenvalue weighted by Crippen LogP contribution is -1.94. The number of benzene rings is 1. The van der Waals surface area contributed by atoms with Crippen LogP contribution in [0.15, 0.2) is 47.8 Å². The number of nitrogens with two attached hydrogens (primary N) is 1. The van der Waals surface area contributed by atoms with Crippen molar-refractivity contribution in [3.8, 4) is 21.0 Å². The summed E-state index contributed by atoms with van der Waals surface area (Å²) in [6, 6.07) is 14.5. The number of aromatic nitrogens is 1. The summed E-state index contributed by atoms with van der Waals surface area (Å²) in [6.45, 7) is 0.496. The van der Waals surface area contributed by atoms with Gasteiger partial charge in [-0.3, -0.25) is 0 Å². The molecule has 3 aromatic rings. The van der Waals surface area contributed by atoms with Crippen molar-refractivity contribution in [2.75, 3.05) is 0 Å². The average Bonchev–Trinajstić information content (AvgIpc) is 3.08. The predicted molar refractivity (Wildman–Crippen MR) is 78.8 cm³/mol. The van der Waals surface area contributed by atoms with Crippen LogP contribution in [0.3, 0.4) is 0 Å². The molecule has 0 fully saturated rings. The van der Waals surface area contributed by atoms with Crippen LogP contribution in [0, 0.1) is 0 Å². The first-order valence-electron chi connectivity index (χ1n) is 5.67. The Bertz CT molecular complexity index is 627. The molecule has 0 amide bonds. The van der Waals surface area contributed by atoms with Crippen molar-refractivity contribution >= 4 is 22.7 Å². The van der Waals surface area contributed by atoms with Gasteiger partial charge in [-0.2, -0.15) is 0 Å². The van der Waals surface area contributed by atoms with Crippen LogP contribution in [0.25, 0.3) is 21.0 Å². The molecule has 0 aliphatic carbocycles. The first-order valence-corrected chi connectivity index (χ1v) is 7.37. The van der Waals surface area contributed by atoms with Crippen molar-refractivity contribution in [2.24, 2.45) is 5.73 Å². The minimum Gasteiger partial charge on any atom is -0.325 e. The summed E-state index contributed by atoms with van der Waals surface area (Å²) >= 11 is 3.42. The van der Waals surface area contributed by atoms with Gasteiger partial charge in [-0.05, 0) is 11.4 Å². The van der Waals surface area contributed by atoms with E-state index in [0.29, 0.717) is 6.54 Å². The second kappa shape index (κ2) is 5.02. The Kier molecular flexibility index (Phi) is 3.23. The summed E-state index contributed by atoms with van der Waals surface area (Å²) < 4.78 is 0. The molecular formula is C14H12N2S2. The second-order valence-corrected chi connectivity index (χ2v) is 5.86. The SMILES string of the molecule is NCc1nc(-c2ccccc2)c(-c2cccs2)s1. The van der Waals surface area contributed by atoms with Gasteiger partial charge in [-0.25, -0.2) is 4.98 Å². The molecule has 0 unspecified atom stereocenters. The van der Waals surface area contributed by atoms with Gasteiger partial charge in [0.15, 0.2) is 0 Å². The minimum atomic E-state index is 0.496. The van der Waals surface area contributed by atoms with Gasteiger partial charge in [0.2, 0.25) is 0 Å². The fourth-order valence-corrected chi connectivity index (χ4v) is 3.64. The molecule has 90 valence electrons. The number of hydrogen-bond donors (Lipinski definition) is 1. The summed E-state index contributed by atoms with van der Waals surface area (Å²) in [7, 11) is 0. The van der Waals surface area contributed by atoms with Gasteiger partial charge in [-0.15, -0.1) is 22.7 Å². The maximum Gasteiger partial charge on any atom is 0.108 e. The molecule has 2 aromatic heterocycles. The molecule has 0 saturated heterocycles. The highest BCUT2D eigenvalue weighted by atomic mass is 32.1. The fourth-order valence-electron chi connectivity index (χ4n) is 1.82. The quantitative estimate of drug-likeness (QED) is 0.782. The smallest absolute Gasteiger partial charge is 0.108 e. The molecule has 3 rings (SSSR count). The van der Waals surface area contributed by atoms with E-state index >= 15 is 0 Å². The lowest BCUT2D eigenvalue weighted by molar-refractivity contribution is 1.04. The Balaban J connectivity index is 2.17. The molecule has 2 nitrogen and oxygen atoms in total. The first kappa shape index (κ1) is 11.6. The highest BCUT2D eigenvalue weighted by Crippen LogP contribution is 2.38. The molecule has 18 heavy (non-hydrogen) atoms. The highest BCUT2D eigenvalue weighted by molar-refractivity contribution is 7.21. The van der Waals surface area contributed by atoms with E-state index in [1.807, 2.05) is 18.2 Å². The largest absolute Gasteiger partial charge is 0.325 e. The maximum absolute atomic E-state index is 5.71. The van der Waals surface area contributed by atoms with Crippen LogP contribution in [0.1, 0.15) is 5.01 Å². The van der Waals surface area contributed by atoms with Crippen LogP contribution in [-0.2, 0) is 6.54 Å². The zero-order chi connectivity index (χ0) is 12.4. The number of nitrogens with zero attached hydrogens (tertiary/aromatic N) is 1. The van der Waals surface area contributed by atoms with Crippen LogP contribution in [0.4, 0.5) is 0 Å². The lowest BCUT2D eigenvalue weighted by atomic mass is 10.1. The molecule has 4 heteroatoms. The van der Waals surface area contributed by atoms with Gasteiger partial charge in [0.25, 0.3) is 0 Å². The topological polar surface area (TPSA) is 38.9 Å². The van der Waals surface area contributed by atoms with Gasteiger partial charge >= 0.3 is 0 Å². The first-order chi connectivity index (χ1) is 8.88. The fraction of sp³-hybridized carbons (Fsp3) is 0.0714. The summed E-state index contributed by atoms with van der Waals surface area (Å²) in [5, 5.41) is 3.07. The molecule has 0 bridgehead atoms. The van der Waals surface area contributed by atoms with Crippen LogP contribution in [0.5, 0.6) is 0 Å². The zero-order valence-corrected chi connectivity index (χ0v) is 11.3. The van der Waals surface area contributed by atoms with Crippen molar-refractivity contribution in [1.82, 2.24) is 4.98 Å². The highest BCUT2D eigenvalue weighted by Gasteiger charge is 2.14. The monoisotopic (exact) mass is 272 g/mol. The van der Waals surface area contributed by atoms with Crippen molar-refractivity contribution in [2.45, 2.75) is 6.54 Å². The van der Waals surface area contributed by atoms with Crippen molar-refractivity contribution in [3.05, 3.63) is 52.9 Å². The van der Waals surface area contributed by atoms with Crippen molar-refractivity contribution in [3.63, 3.8) is 0 Å². The predicted octanol–water partition coefficient (Wildman–Crippen LogP) is 4.00. The lowest BCUT2D eigenvalue weighted by Gasteiger charge is -1.99. The van der Waals surface area contributed by atoms with Gasteiger partial charge < -0.3 is 5.73 Å². The van der Waals surface area contributed by atoms with E-state index in [1.54, 1.807) is 22.7 Å². The third-order valence-corrected chi connectivity index (χ3v) is 4.77. The Morgan fingerprint density at radius 3 is 2.56 bits per heavy atom. The normalized spacial score (nSPS) is 10.7. The summed E-state index contributed by atoms with van der Waals surface area (Å²) in [5.74, 6) is 0. The van der Waals surface area contributed by atoms with E-state index in [0.717, 1.165) is 16.3 Å². The number of rotatable bonds is 3. The minimum absolute atomic E-state index is 0.496. The Hall–Kier alpha value is -1.49. The van der Waals surface area contributed by atoms with Gasteiger partial charge in [-0.1, -0.05) is 36.4 Å². The third-order valence-electron chi connectivity index (χ3n) is 2.64. The van der Waals surface area contributed by atoms with E-state index < -0.39 is 0 Å². The Morgan fingerprint density at radius 1 is 1.06 bits per heavy atom. The molecule has 0 spiro atoms. The van der Waals surface area contributed by atoms with E-state index in [2.05, 4.69) is 34.6 Å². The molecule has 0 radical (unpaired) electrons. The molecule has 1 aromatic carbocycles. The van der Waals surface area contributed by atoms with E-state index in [1.165, 1.54) is 9.75 Å². The van der Waals surface area contributed by atoms with Crippen molar-refractivity contribution in [1.29, 1.82) is 0 Å². The summed E-state index contributed by atoms with van der Waals surface area (Å²) in [4.78, 5) is 7.13. The molecule has 0 aliphatic heterocycles. The standard InChI is InChI=1S/C14H12N2S2/c15-9-12-16-13(10-5-2-1-3-6-10)14(18-12)11-7-4-8-17-11/h1-8H,9,15H2. The number of thiophene rings is 1. The zero-order valence-electron chi connectivity index (χ0n) is 9.67. The van der Waals surface area contributed by atoms with Gasteiger partial charge in [0.1, 0.15) is 5.01 Å². The molecule has 2 N–H and O–H groups in total. The summed E-state index contributed by atoms with van der Waals surface area (Å²) in [5.41, 5.74) is 7.91. The van der Waals surface area contributed by atoms with Crippen LogP contribution >= 0.6 is 22.7 Å². The van der Waals surface area contributed by atoms with E-state index in [4.69, 9.17) is 5.73 Å². The molecular weight excluding hydrogens is 260 g/mol. The Labute approximate surface area is 114 Å². The molecule has 2 heterocycles. The maximum atomic E-state index is 5.71. The number of hydrogen-bond acceptors (Lipinski definition) is 4. The molecule has 0 atom stereocenters. The van der Waals surface area contributed by atoms with Crippen LogP contribution in [-0.4, -0.2) is 4.98 Å². The molecule has 0 aliphatic rings. The Morgan fingerprint density at radius 2 is 1.89 bits per heavy atom. The van der Waals surface area contributed by atoms with E-state index in [9.17, 15) is 0 Å². The number of thiazole rings is 1. The van der Waals surface area contributed by atoms with Gasteiger partial charge in [0, 0.05) is 17.0 Å². The van der Waals surface area contributed by atoms with Crippen LogP contribution < -0.4 is 5.73 Å².